The lowest BCUT2D eigenvalue weighted by Gasteiger charge is -2.10. The van der Waals surface area contributed by atoms with Gasteiger partial charge in [-0.2, -0.15) is 0 Å². The molecule has 1 aromatic rings. The molecule has 0 radical (unpaired) electrons. The SMILES string of the molecule is CC1=NNC(c2ccc(C)cc2)O1. The van der Waals surface area contributed by atoms with Crippen molar-refractivity contribution in [3.8, 4) is 0 Å². The summed E-state index contributed by atoms with van der Waals surface area (Å²) in [5, 5.41) is 3.96. The Hall–Kier alpha value is -1.51. The number of nitrogens with one attached hydrogen (secondary N) is 1. The lowest BCUT2D eigenvalue weighted by molar-refractivity contribution is 0.190. The number of nitrogens with zero attached hydrogens (tertiary/aromatic N) is 1. The first-order valence-corrected chi connectivity index (χ1v) is 4.29. The molecule has 2 rings (SSSR count). The molecule has 1 heterocycles. The Kier molecular flexibility index (Phi) is 1.93. The number of aryl methyl sites for hydroxylation is 1. The first kappa shape index (κ1) is 8.10. The predicted octanol–water partition coefficient (Wildman–Crippen LogP) is 1.95. The fourth-order valence-electron chi connectivity index (χ4n) is 1.26. The average Bonchev–Trinajstić information content (AvgIpc) is 2.53. The molecule has 1 aromatic carbocycles. The molecule has 0 fully saturated rings. The summed E-state index contributed by atoms with van der Waals surface area (Å²) in [5.41, 5.74) is 5.26. The van der Waals surface area contributed by atoms with E-state index in [2.05, 4.69) is 29.6 Å². The zero-order chi connectivity index (χ0) is 9.26. The summed E-state index contributed by atoms with van der Waals surface area (Å²) < 4.78 is 5.43. The van der Waals surface area contributed by atoms with Gasteiger partial charge in [-0.25, -0.2) is 0 Å². The van der Waals surface area contributed by atoms with Crippen LogP contribution in [-0.2, 0) is 4.74 Å². The Bertz CT molecular complexity index is 329. The van der Waals surface area contributed by atoms with Gasteiger partial charge in [0.25, 0.3) is 0 Å². The lowest BCUT2D eigenvalue weighted by Crippen LogP contribution is -2.11. The minimum Gasteiger partial charge on any atom is -0.451 e. The lowest BCUT2D eigenvalue weighted by atomic mass is 10.1. The Balaban J connectivity index is 2.14. The number of hydrogen-bond acceptors (Lipinski definition) is 3. The molecular formula is C10H12N2O. The van der Waals surface area contributed by atoms with Crippen molar-refractivity contribution in [1.29, 1.82) is 0 Å². The van der Waals surface area contributed by atoms with E-state index >= 15 is 0 Å². The van der Waals surface area contributed by atoms with E-state index in [0.717, 1.165) is 5.56 Å². The van der Waals surface area contributed by atoms with Crippen LogP contribution >= 0.6 is 0 Å². The quantitative estimate of drug-likeness (QED) is 0.709. The monoisotopic (exact) mass is 176 g/mol. The van der Waals surface area contributed by atoms with Crippen LogP contribution in [0.3, 0.4) is 0 Å². The highest BCUT2D eigenvalue weighted by molar-refractivity contribution is 5.74. The third kappa shape index (κ3) is 1.64. The second-order valence-corrected chi connectivity index (χ2v) is 3.17. The van der Waals surface area contributed by atoms with E-state index in [-0.39, 0.29) is 6.23 Å². The van der Waals surface area contributed by atoms with Gasteiger partial charge >= 0.3 is 0 Å². The number of hydrogen-bond donors (Lipinski definition) is 1. The summed E-state index contributed by atoms with van der Waals surface area (Å²) >= 11 is 0. The van der Waals surface area contributed by atoms with Crippen molar-refractivity contribution < 1.29 is 4.74 Å². The highest BCUT2D eigenvalue weighted by atomic mass is 16.5. The summed E-state index contributed by atoms with van der Waals surface area (Å²) in [4.78, 5) is 0. The van der Waals surface area contributed by atoms with Crippen molar-refractivity contribution in [3.05, 3.63) is 35.4 Å². The highest BCUT2D eigenvalue weighted by Gasteiger charge is 2.17. The van der Waals surface area contributed by atoms with Crippen molar-refractivity contribution >= 4 is 5.90 Å². The fraction of sp³-hybridized carbons (Fsp3) is 0.300. The van der Waals surface area contributed by atoms with Crippen molar-refractivity contribution in [2.45, 2.75) is 20.1 Å². The molecule has 0 aromatic heterocycles. The summed E-state index contributed by atoms with van der Waals surface area (Å²) in [6.07, 6.45) is -0.111. The Morgan fingerprint density at radius 3 is 2.46 bits per heavy atom. The minimum atomic E-state index is -0.111. The van der Waals surface area contributed by atoms with Gasteiger partial charge in [0, 0.05) is 12.5 Å². The first-order valence-electron chi connectivity index (χ1n) is 4.29. The molecule has 13 heavy (non-hydrogen) atoms. The maximum absolute atomic E-state index is 5.43. The number of hydrazone groups is 1. The van der Waals surface area contributed by atoms with E-state index in [9.17, 15) is 0 Å². The van der Waals surface area contributed by atoms with Crippen LogP contribution in [0.25, 0.3) is 0 Å². The zero-order valence-corrected chi connectivity index (χ0v) is 7.74. The molecule has 0 saturated heterocycles. The van der Waals surface area contributed by atoms with E-state index in [4.69, 9.17) is 4.74 Å². The molecule has 3 nitrogen and oxygen atoms in total. The second-order valence-electron chi connectivity index (χ2n) is 3.17. The summed E-state index contributed by atoms with van der Waals surface area (Å²) in [6, 6.07) is 8.21. The molecule has 0 spiro atoms. The van der Waals surface area contributed by atoms with Crippen LogP contribution in [0.4, 0.5) is 0 Å². The summed E-state index contributed by atoms with van der Waals surface area (Å²) in [6.45, 7) is 3.90. The maximum atomic E-state index is 5.43. The Morgan fingerprint density at radius 1 is 1.23 bits per heavy atom. The molecule has 1 aliphatic rings. The maximum Gasteiger partial charge on any atom is 0.212 e. The molecule has 1 N–H and O–H groups in total. The fourth-order valence-corrected chi connectivity index (χ4v) is 1.26. The molecule has 0 amide bonds. The number of benzene rings is 1. The van der Waals surface area contributed by atoms with Crippen LogP contribution in [0.5, 0.6) is 0 Å². The second kappa shape index (κ2) is 3.09. The molecule has 0 saturated carbocycles. The van der Waals surface area contributed by atoms with Crippen molar-refractivity contribution in [3.63, 3.8) is 0 Å². The Labute approximate surface area is 77.4 Å². The molecule has 1 atom stereocenters. The Morgan fingerprint density at radius 2 is 1.92 bits per heavy atom. The normalized spacial score (nSPS) is 20.5. The molecule has 1 aliphatic heterocycles. The van der Waals surface area contributed by atoms with Gasteiger partial charge in [-0.3, -0.25) is 5.43 Å². The van der Waals surface area contributed by atoms with Crippen LogP contribution in [-0.4, -0.2) is 5.90 Å². The molecule has 3 heteroatoms. The third-order valence-electron chi connectivity index (χ3n) is 2.01. The minimum absolute atomic E-state index is 0.111. The van der Waals surface area contributed by atoms with Gasteiger partial charge in [0.15, 0.2) is 0 Å². The van der Waals surface area contributed by atoms with E-state index in [0.29, 0.717) is 5.90 Å². The molecule has 68 valence electrons. The van der Waals surface area contributed by atoms with Gasteiger partial charge in [0.2, 0.25) is 12.1 Å². The van der Waals surface area contributed by atoms with Crippen molar-refractivity contribution in [2.75, 3.05) is 0 Å². The van der Waals surface area contributed by atoms with E-state index in [1.165, 1.54) is 5.56 Å². The van der Waals surface area contributed by atoms with Crippen LogP contribution < -0.4 is 5.43 Å². The van der Waals surface area contributed by atoms with Crippen LogP contribution in [0.15, 0.2) is 29.4 Å². The third-order valence-corrected chi connectivity index (χ3v) is 2.01. The standard InChI is InChI=1S/C10H12N2O/c1-7-3-5-9(6-4-7)10-12-11-8(2)13-10/h3-6,10,12H,1-2H3. The topological polar surface area (TPSA) is 33.6 Å². The zero-order valence-electron chi connectivity index (χ0n) is 7.74. The average molecular weight is 176 g/mol. The summed E-state index contributed by atoms with van der Waals surface area (Å²) in [5.74, 6) is 0.686. The van der Waals surface area contributed by atoms with Gasteiger partial charge in [0.05, 0.1) is 0 Å². The van der Waals surface area contributed by atoms with Gasteiger partial charge in [-0.1, -0.05) is 29.8 Å². The highest BCUT2D eigenvalue weighted by Crippen LogP contribution is 2.18. The first-order chi connectivity index (χ1) is 6.25. The number of rotatable bonds is 1. The molecular weight excluding hydrogens is 164 g/mol. The molecule has 1 unspecified atom stereocenters. The van der Waals surface area contributed by atoms with E-state index in [1.807, 2.05) is 19.1 Å². The van der Waals surface area contributed by atoms with Gasteiger partial charge in [-0.15, -0.1) is 5.10 Å². The molecule has 0 bridgehead atoms. The molecule has 0 aliphatic carbocycles. The van der Waals surface area contributed by atoms with Crippen molar-refractivity contribution in [1.82, 2.24) is 5.43 Å². The summed E-state index contributed by atoms with van der Waals surface area (Å²) in [7, 11) is 0. The largest absolute Gasteiger partial charge is 0.451 e. The van der Waals surface area contributed by atoms with Gasteiger partial charge in [0.1, 0.15) is 0 Å². The van der Waals surface area contributed by atoms with Gasteiger partial charge < -0.3 is 4.74 Å². The smallest absolute Gasteiger partial charge is 0.212 e. The predicted molar refractivity (Wildman–Crippen MR) is 51.2 cm³/mol. The van der Waals surface area contributed by atoms with Gasteiger partial charge in [-0.05, 0) is 6.92 Å². The van der Waals surface area contributed by atoms with Crippen molar-refractivity contribution in [2.24, 2.45) is 5.10 Å². The number of ether oxygens (including phenoxy) is 1. The van der Waals surface area contributed by atoms with Crippen LogP contribution in [0.1, 0.15) is 24.3 Å². The van der Waals surface area contributed by atoms with Crippen LogP contribution in [0, 0.1) is 6.92 Å². The van der Waals surface area contributed by atoms with E-state index in [1.54, 1.807) is 0 Å². The van der Waals surface area contributed by atoms with Crippen LogP contribution in [0.2, 0.25) is 0 Å². The van der Waals surface area contributed by atoms with E-state index < -0.39 is 0 Å².